The monoisotopic (exact) mass is 771 g/mol. The molecule has 6 rings (SSSR count). The topological polar surface area (TPSA) is 75.7 Å². The summed E-state index contributed by atoms with van der Waals surface area (Å²) < 4.78 is 43.9. The lowest BCUT2D eigenvalue weighted by Gasteiger charge is -2.59. The summed E-state index contributed by atoms with van der Waals surface area (Å²) in [6, 6.07) is -0.725. The molecule has 54 heavy (non-hydrogen) atoms. The van der Waals surface area contributed by atoms with E-state index in [1.807, 2.05) is 0 Å². The molecule has 0 radical (unpaired) electrons. The van der Waals surface area contributed by atoms with Crippen LogP contribution < -0.4 is 5.32 Å². The number of esters is 1. The van der Waals surface area contributed by atoms with E-state index in [1.54, 1.807) is 12.5 Å². The van der Waals surface area contributed by atoms with Gasteiger partial charge < -0.3 is 10.1 Å². The highest BCUT2D eigenvalue weighted by Crippen LogP contribution is 2.65. The molecule has 0 amide bonds. The average Bonchev–Trinajstić information content (AvgIpc) is 3.52. The summed E-state index contributed by atoms with van der Waals surface area (Å²) in [7, 11) is -3.26. The molecule has 0 spiro atoms. The zero-order valence-corrected chi connectivity index (χ0v) is 35.9. The van der Waals surface area contributed by atoms with Crippen LogP contribution >= 0.6 is 0 Å². The lowest BCUT2D eigenvalue weighted by molar-refractivity contribution is -0.148. The van der Waals surface area contributed by atoms with Crippen molar-refractivity contribution in [2.24, 2.45) is 51.8 Å². The van der Waals surface area contributed by atoms with Crippen molar-refractivity contribution in [3.8, 4) is 0 Å². The van der Waals surface area contributed by atoms with Crippen molar-refractivity contribution in [3.63, 3.8) is 0 Å². The number of carbonyl (C=O) groups excluding carboxylic acids is 1. The molecule has 6 aliphatic rings. The predicted octanol–water partition coefficient (Wildman–Crippen LogP) is 9.66. The Morgan fingerprint density at radius 2 is 1.83 bits per heavy atom. The fourth-order valence-corrected chi connectivity index (χ4v) is 15.0. The lowest BCUT2D eigenvalue weighted by atomic mass is 9.46. The van der Waals surface area contributed by atoms with Crippen LogP contribution in [0.2, 0.25) is 0 Å². The number of alkyl halides is 1. The maximum Gasteiger partial charge on any atom is 0.324 e. The Hall–Kier alpha value is -1.51. The second kappa shape index (κ2) is 16.4. The molecule has 5 aliphatic carbocycles. The second-order valence-corrected chi connectivity index (χ2v) is 22.2. The number of rotatable bonds is 13. The summed E-state index contributed by atoms with van der Waals surface area (Å²) >= 11 is 0. The highest BCUT2D eigenvalue weighted by molar-refractivity contribution is 7.91. The van der Waals surface area contributed by atoms with E-state index in [4.69, 9.17) is 4.74 Å². The van der Waals surface area contributed by atoms with Gasteiger partial charge in [0.25, 0.3) is 0 Å². The summed E-state index contributed by atoms with van der Waals surface area (Å²) in [6.45, 7) is 23.1. The number of halogens is 1. The third-order valence-corrected chi connectivity index (χ3v) is 18.5. The van der Waals surface area contributed by atoms with Crippen molar-refractivity contribution in [2.75, 3.05) is 44.4 Å². The van der Waals surface area contributed by atoms with Crippen LogP contribution in [0.25, 0.3) is 0 Å². The SMILES string of the molecule is C=C(C)[C@@H]1CC[C@]2(NCCN3CCS(=O)(=O)CC3C(=O)OCC)CC[C@@](C)(CC)[C@H](CC[C@H]3CCC[C@H]4C(C)(C)C(C5=CC[C@H](CF)CC5)=CC[C@]34C)[C@@H]12. The minimum absolute atomic E-state index is 0.0304. The standard InChI is InChI=1S/C46H75FN2O4S/c1-9-44(7)24-25-46(48-26-27-49-28-29-54(51,52)31-39(49)42(50)53-10-2)23-20-36(32(3)4)41(46)38(44)19-18-35-12-11-13-40-43(5,6)37(21-22-45(35,40)8)34-16-14-33(30-47)15-17-34/h16,21,33,35-36,38-41,48H,3,9-15,17-20,22-31H2,1-2,4-8H3/t33-,35+,36-,38+,39?,40-,41+,44+,45+,46-/m0/s1. The molecule has 3 saturated carbocycles. The molecule has 1 unspecified atom stereocenters. The highest BCUT2D eigenvalue weighted by Gasteiger charge is 2.59. The Morgan fingerprint density at radius 3 is 2.50 bits per heavy atom. The smallest absolute Gasteiger partial charge is 0.324 e. The van der Waals surface area contributed by atoms with Gasteiger partial charge in [-0.15, -0.1) is 0 Å². The molecule has 1 heterocycles. The first-order valence-electron chi connectivity index (χ1n) is 22.0. The molecular weight excluding hydrogens is 696 g/mol. The van der Waals surface area contributed by atoms with E-state index in [0.29, 0.717) is 42.7 Å². The van der Waals surface area contributed by atoms with Crippen molar-refractivity contribution < 1.29 is 22.3 Å². The van der Waals surface area contributed by atoms with Crippen LogP contribution in [0.15, 0.2) is 35.5 Å². The fraction of sp³-hybridized carbons (Fsp3) is 0.848. The number of nitrogens with zero attached hydrogens (tertiary/aromatic N) is 1. The minimum atomic E-state index is -3.26. The van der Waals surface area contributed by atoms with Gasteiger partial charge in [-0.3, -0.25) is 14.1 Å². The highest BCUT2D eigenvalue weighted by atomic mass is 32.2. The molecule has 0 aromatic rings. The van der Waals surface area contributed by atoms with Gasteiger partial charge in [-0.1, -0.05) is 71.8 Å². The van der Waals surface area contributed by atoms with Gasteiger partial charge in [-0.25, -0.2) is 8.42 Å². The van der Waals surface area contributed by atoms with E-state index in [0.717, 1.165) is 45.1 Å². The minimum Gasteiger partial charge on any atom is -0.465 e. The normalized spacial score (nSPS) is 40.6. The Balaban J connectivity index is 1.21. The summed E-state index contributed by atoms with van der Waals surface area (Å²) in [5.74, 6) is 2.71. The number of hydrogen-bond donors (Lipinski definition) is 1. The van der Waals surface area contributed by atoms with Crippen LogP contribution in [0.5, 0.6) is 0 Å². The summed E-state index contributed by atoms with van der Waals surface area (Å²) in [4.78, 5) is 14.9. The molecule has 10 atom stereocenters. The number of nitrogens with one attached hydrogen (secondary N) is 1. The van der Waals surface area contributed by atoms with E-state index in [2.05, 4.69) is 70.5 Å². The molecule has 0 aromatic heterocycles. The van der Waals surface area contributed by atoms with Crippen LogP contribution in [0.3, 0.4) is 0 Å². The van der Waals surface area contributed by atoms with Crippen LogP contribution in [-0.4, -0.2) is 75.3 Å². The van der Waals surface area contributed by atoms with Gasteiger partial charge in [-0.2, -0.15) is 0 Å². The number of ether oxygens (including phenoxy) is 1. The largest absolute Gasteiger partial charge is 0.465 e. The summed E-state index contributed by atoms with van der Waals surface area (Å²) in [5, 5.41) is 4.16. The molecule has 0 bridgehead atoms. The first-order chi connectivity index (χ1) is 25.5. The predicted molar refractivity (Wildman–Crippen MR) is 220 cm³/mol. The van der Waals surface area contributed by atoms with Crippen molar-refractivity contribution in [3.05, 3.63) is 35.5 Å². The third kappa shape index (κ3) is 7.98. The maximum atomic E-state index is 13.5. The molecule has 1 aliphatic heterocycles. The zero-order valence-electron chi connectivity index (χ0n) is 35.1. The molecule has 1 N–H and O–H groups in total. The number of carbonyl (C=O) groups is 1. The third-order valence-electron chi connectivity index (χ3n) is 16.9. The van der Waals surface area contributed by atoms with E-state index in [1.165, 1.54) is 62.5 Å². The number of allylic oxidation sites excluding steroid dienone is 5. The van der Waals surface area contributed by atoms with Gasteiger partial charge in [0.15, 0.2) is 9.84 Å². The lowest BCUT2D eigenvalue weighted by Crippen LogP contribution is -2.60. The molecule has 306 valence electrons. The first kappa shape index (κ1) is 42.1. The average molecular weight is 771 g/mol. The molecule has 0 aromatic carbocycles. The van der Waals surface area contributed by atoms with Crippen molar-refractivity contribution in [1.82, 2.24) is 10.2 Å². The molecule has 1 saturated heterocycles. The second-order valence-electron chi connectivity index (χ2n) is 20.0. The van der Waals surface area contributed by atoms with Gasteiger partial charge in [0, 0.05) is 25.2 Å². The molecule has 6 nitrogen and oxygen atoms in total. The van der Waals surface area contributed by atoms with Crippen LogP contribution in [0.1, 0.15) is 138 Å². The Labute approximate surface area is 328 Å². The van der Waals surface area contributed by atoms with E-state index in [-0.39, 0.29) is 52.5 Å². The maximum absolute atomic E-state index is 13.5. The number of fused-ring (bicyclic) bond motifs is 2. The van der Waals surface area contributed by atoms with Crippen LogP contribution in [0, 0.1) is 51.8 Å². The molecule has 8 heteroatoms. The van der Waals surface area contributed by atoms with Gasteiger partial charge in [-0.05, 0) is 154 Å². The Morgan fingerprint density at radius 1 is 1.06 bits per heavy atom. The van der Waals surface area contributed by atoms with Crippen LogP contribution in [0.4, 0.5) is 4.39 Å². The number of hydrogen-bond acceptors (Lipinski definition) is 6. The van der Waals surface area contributed by atoms with Gasteiger partial charge in [0.05, 0.1) is 24.8 Å². The fourth-order valence-electron chi connectivity index (χ4n) is 13.5. The zero-order chi connectivity index (χ0) is 39.1. The molecular formula is C46H75FN2O4S. The first-order valence-corrected chi connectivity index (χ1v) is 23.8. The van der Waals surface area contributed by atoms with Crippen LogP contribution in [-0.2, 0) is 19.4 Å². The summed E-state index contributed by atoms with van der Waals surface area (Å²) in [5.41, 5.74) is 5.13. The van der Waals surface area contributed by atoms with E-state index >= 15 is 0 Å². The van der Waals surface area contributed by atoms with Crippen molar-refractivity contribution in [2.45, 2.75) is 150 Å². The van der Waals surface area contributed by atoms with Crippen molar-refractivity contribution in [1.29, 1.82) is 0 Å². The Bertz CT molecular complexity index is 1550. The number of sulfone groups is 1. The Kier molecular flexibility index (Phi) is 12.8. The van der Waals surface area contributed by atoms with Gasteiger partial charge >= 0.3 is 5.97 Å². The van der Waals surface area contributed by atoms with E-state index in [9.17, 15) is 17.6 Å². The van der Waals surface area contributed by atoms with Crippen molar-refractivity contribution >= 4 is 15.8 Å². The van der Waals surface area contributed by atoms with Gasteiger partial charge in [0.2, 0.25) is 0 Å². The van der Waals surface area contributed by atoms with Gasteiger partial charge in [0.1, 0.15) is 6.04 Å². The van der Waals surface area contributed by atoms with E-state index < -0.39 is 21.8 Å². The summed E-state index contributed by atoms with van der Waals surface area (Å²) in [6.07, 6.45) is 21.5. The quantitative estimate of drug-likeness (QED) is 0.149. The molecule has 4 fully saturated rings.